The number of aromatic nitrogens is 3. The Bertz CT molecular complexity index is 1440. The van der Waals surface area contributed by atoms with E-state index in [0.29, 0.717) is 54.3 Å². The van der Waals surface area contributed by atoms with E-state index in [4.69, 9.17) is 10.5 Å². The first-order chi connectivity index (χ1) is 18.5. The second-order valence-electron chi connectivity index (χ2n) is 8.26. The molecular weight excluding hydrogens is 515 g/mol. The van der Waals surface area contributed by atoms with E-state index in [9.17, 15) is 22.8 Å². The Balaban J connectivity index is 1.88. The SMILES string of the molecule is C=C/C(=C\C(=NC)NC(=O)c1ccc(-c2nc(C)n3c(C(=O)NCCCOC)cnc(N)c23)cc1)C(F)(F)F. The molecule has 39 heavy (non-hydrogen) atoms. The van der Waals surface area contributed by atoms with Crippen molar-refractivity contribution in [3.63, 3.8) is 0 Å². The Labute approximate surface area is 222 Å². The maximum Gasteiger partial charge on any atom is 0.416 e. The second kappa shape index (κ2) is 12.3. The highest BCUT2D eigenvalue weighted by Gasteiger charge is 2.31. The number of ether oxygens (including phenoxy) is 1. The van der Waals surface area contributed by atoms with Crippen molar-refractivity contribution >= 4 is 29.0 Å². The number of rotatable bonds is 9. The van der Waals surface area contributed by atoms with Crippen molar-refractivity contribution in [1.82, 2.24) is 25.0 Å². The number of amidine groups is 1. The minimum absolute atomic E-state index is 0.154. The predicted molar refractivity (Wildman–Crippen MR) is 142 cm³/mol. The fraction of sp³-hybridized carbons (Fsp3) is 0.269. The summed E-state index contributed by atoms with van der Waals surface area (Å²) in [6, 6.07) is 6.18. The van der Waals surface area contributed by atoms with E-state index in [2.05, 4.69) is 32.2 Å². The van der Waals surface area contributed by atoms with Crippen molar-refractivity contribution < 1.29 is 27.5 Å². The van der Waals surface area contributed by atoms with Crippen LogP contribution in [-0.2, 0) is 4.74 Å². The fourth-order valence-electron chi connectivity index (χ4n) is 3.71. The van der Waals surface area contributed by atoms with Crippen LogP contribution in [0.25, 0.3) is 16.8 Å². The molecule has 0 saturated carbocycles. The molecule has 0 aliphatic rings. The van der Waals surface area contributed by atoms with Crippen LogP contribution in [0.1, 0.15) is 33.1 Å². The number of halogens is 3. The smallest absolute Gasteiger partial charge is 0.385 e. The molecule has 0 radical (unpaired) electrons. The number of imidazole rings is 1. The van der Waals surface area contributed by atoms with Crippen LogP contribution in [0.3, 0.4) is 0 Å². The lowest BCUT2D eigenvalue weighted by atomic mass is 10.1. The molecule has 0 bridgehead atoms. The van der Waals surface area contributed by atoms with Gasteiger partial charge in [0.2, 0.25) is 0 Å². The van der Waals surface area contributed by atoms with Gasteiger partial charge >= 0.3 is 6.18 Å². The molecule has 0 unspecified atom stereocenters. The molecule has 2 aromatic heterocycles. The number of fused-ring (bicyclic) bond motifs is 1. The van der Waals surface area contributed by atoms with Crippen molar-refractivity contribution in [2.24, 2.45) is 4.99 Å². The molecule has 2 heterocycles. The molecule has 0 atom stereocenters. The summed E-state index contributed by atoms with van der Waals surface area (Å²) in [6.07, 6.45) is -1.29. The third kappa shape index (κ3) is 6.68. The van der Waals surface area contributed by atoms with Gasteiger partial charge < -0.3 is 21.1 Å². The molecule has 0 saturated heterocycles. The number of carbonyl (C=O) groups excluding carboxylic acids is 2. The lowest BCUT2D eigenvalue weighted by Crippen LogP contribution is -2.30. The standard InChI is InChI=1S/C26H28F3N7O3/c1-5-18(26(27,28)29)13-20(31-3)35-24(37)17-9-7-16(8-10-17)21-22-23(30)33-14-19(36(22)15(2)34-21)25(38)32-11-6-12-39-4/h5,7-10,13-14H,1,6,11-12H2,2-4H3,(H2,30,33)(H,32,38)(H,31,35,37)/b18-13+. The topological polar surface area (TPSA) is 136 Å². The van der Waals surface area contributed by atoms with E-state index in [1.165, 1.54) is 25.4 Å². The number of nitrogen functional groups attached to an aromatic ring is 1. The molecule has 0 fully saturated rings. The number of benzene rings is 1. The maximum absolute atomic E-state index is 13.0. The van der Waals surface area contributed by atoms with Gasteiger partial charge in [-0.15, -0.1) is 0 Å². The Kier molecular flexibility index (Phi) is 9.20. The number of nitrogens with one attached hydrogen (secondary N) is 2. The zero-order valence-electron chi connectivity index (χ0n) is 21.6. The summed E-state index contributed by atoms with van der Waals surface area (Å²) in [4.78, 5) is 37.9. The van der Waals surface area contributed by atoms with E-state index in [1.54, 1.807) is 30.6 Å². The number of nitrogens with zero attached hydrogens (tertiary/aromatic N) is 4. The van der Waals surface area contributed by atoms with Gasteiger partial charge in [-0.2, -0.15) is 13.2 Å². The Morgan fingerprint density at radius 1 is 1.23 bits per heavy atom. The minimum atomic E-state index is -4.64. The summed E-state index contributed by atoms with van der Waals surface area (Å²) in [5, 5.41) is 5.16. The van der Waals surface area contributed by atoms with Gasteiger partial charge in [-0.1, -0.05) is 24.8 Å². The number of alkyl halides is 3. The summed E-state index contributed by atoms with van der Waals surface area (Å²) in [5.74, 6) is -0.643. The van der Waals surface area contributed by atoms with E-state index in [-0.39, 0.29) is 28.8 Å². The molecule has 0 aliphatic carbocycles. The summed E-state index contributed by atoms with van der Waals surface area (Å²) in [5.41, 5.74) is 6.98. The molecule has 3 aromatic rings. The van der Waals surface area contributed by atoms with Gasteiger partial charge in [-0.25, -0.2) is 9.97 Å². The van der Waals surface area contributed by atoms with Crippen LogP contribution < -0.4 is 16.4 Å². The van der Waals surface area contributed by atoms with Crippen LogP contribution in [0.5, 0.6) is 0 Å². The van der Waals surface area contributed by atoms with Gasteiger partial charge in [0.1, 0.15) is 34.4 Å². The van der Waals surface area contributed by atoms with Crippen molar-refractivity contribution in [3.05, 3.63) is 71.8 Å². The van der Waals surface area contributed by atoms with Crippen LogP contribution in [0.15, 0.2) is 59.8 Å². The number of aryl methyl sites for hydroxylation is 1. The Morgan fingerprint density at radius 3 is 2.51 bits per heavy atom. The molecular formula is C26H28F3N7O3. The third-order valence-electron chi connectivity index (χ3n) is 5.64. The van der Waals surface area contributed by atoms with Crippen molar-refractivity contribution in [1.29, 1.82) is 0 Å². The van der Waals surface area contributed by atoms with Crippen molar-refractivity contribution in [2.75, 3.05) is 33.0 Å². The molecule has 206 valence electrons. The normalized spacial score (nSPS) is 12.5. The highest BCUT2D eigenvalue weighted by atomic mass is 19.4. The van der Waals surface area contributed by atoms with Crippen LogP contribution in [0.4, 0.5) is 19.0 Å². The number of amides is 2. The van der Waals surface area contributed by atoms with Crippen LogP contribution in [0, 0.1) is 6.92 Å². The average molecular weight is 544 g/mol. The zero-order valence-corrected chi connectivity index (χ0v) is 21.6. The number of methoxy groups -OCH3 is 1. The number of allylic oxidation sites excluding steroid dienone is 2. The average Bonchev–Trinajstić information content (AvgIpc) is 3.26. The third-order valence-corrected chi connectivity index (χ3v) is 5.64. The van der Waals surface area contributed by atoms with Crippen LogP contribution in [0.2, 0.25) is 0 Å². The van der Waals surface area contributed by atoms with E-state index < -0.39 is 17.7 Å². The summed E-state index contributed by atoms with van der Waals surface area (Å²) in [6.45, 7) is 5.79. The summed E-state index contributed by atoms with van der Waals surface area (Å²) in [7, 11) is 2.83. The van der Waals surface area contributed by atoms with Gasteiger partial charge in [-0.3, -0.25) is 19.0 Å². The fourth-order valence-corrected chi connectivity index (χ4v) is 3.71. The molecule has 0 aliphatic heterocycles. The van der Waals surface area contributed by atoms with Gasteiger partial charge in [0.25, 0.3) is 11.8 Å². The Morgan fingerprint density at radius 2 is 1.92 bits per heavy atom. The predicted octanol–water partition coefficient (Wildman–Crippen LogP) is 3.49. The maximum atomic E-state index is 13.0. The second-order valence-corrected chi connectivity index (χ2v) is 8.26. The van der Waals surface area contributed by atoms with Gasteiger partial charge in [-0.05, 0) is 31.6 Å². The van der Waals surface area contributed by atoms with Gasteiger partial charge in [0.05, 0.1) is 11.8 Å². The molecule has 2 amide bonds. The largest absolute Gasteiger partial charge is 0.416 e. The van der Waals surface area contributed by atoms with Crippen LogP contribution in [-0.4, -0.2) is 65.5 Å². The van der Waals surface area contributed by atoms with Crippen molar-refractivity contribution in [3.8, 4) is 11.3 Å². The highest BCUT2D eigenvalue weighted by molar-refractivity contribution is 6.10. The number of aliphatic imine (C=N–C) groups is 1. The monoisotopic (exact) mass is 543 g/mol. The molecule has 1 aromatic carbocycles. The lowest BCUT2D eigenvalue weighted by Gasteiger charge is -2.10. The quantitative estimate of drug-likeness (QED) is 0.164. The number of nitrogens with two attached hydrogens (primary N) is 1. The number of anilines is 1. The van der Waals surface area contributed by atoms with Crippen molar-refractivity contribution in [2.45, 2.75) is 19.5 Å². The number of carbonyl (C=O) groups is 2. The molecule has 4 N–H and O–H groups in total. The molecule has 0 spiro atoms. The Hall–Kier alpha value is -4.52. The minimum Gasteiger partial charge on any atom is -0.385 e. The van der Waals surface area contributed by atoms with E-state index in [0.717, 1.165) is 0 Å². The molecule has 13 heteroatoms. The molecule has 10 nitrogen and oxygen atoms in total. The van der Waals surface area contributed by atoms with E-state index in [1.807, 2.05) is 0 Å². The number of hydrogen-bond acceptors (Lipinski definition) is 7. The zero-order chi connectivity index (χ0) is 28.7. The van der Waals surface area contributed by atoms with Crippen LogP contribution >= 0.6 is 0 Å². The molecule has 3 rings (SSSR count). The lowest BCUT2D eigenvalue weighted by molar-refractivity contribution is -0.0880. The first kappa shape index (κ1) is 29.0. The highest BCUT2D eigenvalue weighted by Crippen LogP contribution is 2.29. The van der Waals surface area contributed by atoms with Gasteiger partial charge in [0.15, 0.2) is 0 Å². The first-order valence-corrected chi connectivity index (χ1v) is 11.7. The summed E-state index contributed by atoms with van der Waals surface area (Å²) >= 11 is 0. The summed E-state index contributed by atoms with van der Waals surface area (Å²) < 4.78 is 45.7. The first-order valence-electron chi connectivity index (χ1n) is 11.7. The van der Waals surface area contributed by atoms with E-state index >= 15 is 0 Å². The van der Waals surface area contributed by atoms with Gasteiger partial charge in [0, 0.05) is 38.4 Å². The number of hydrogen-bond donors (Lipinski definition) is 3.